The Morgan fingerprint density at radius 2 is 2.36 bits per heavy atom. The summed E-state index contributed by atoms with van der Waals surface area (Å²) >= 11 is 1.62. The molecule has 2 atom stereocenters. The van der Waals surface area contributed by atoms with Crippen LogP contribution in [-0.4, -0.2) is 36.2 Å². The molecular formula is C16H19N3O2S. The number of hydrogen-bond donors (Lipinski definition) is 2. The fraction of sp³-hybridized carbons (Fsp3) is 0.375. The Hall–Kier alpha value is -1.76. The molecule has 6 heteroatoms. The van der Waals surface area contributed by atoms with E-state index in [1.165, 1.54) is 0 Å². The second-order valence-corrected chi connectivity index (χ2v) is 6.39. The van der Waals surface area contributed by atoms with Crippen molar-refractivity contribution < 1.29 is 9.53 Å². The van der Waals surface area contributed by atoms with E-state index in [0.717, 1.165) is 22.0 Å². The summed E-state index contributed by atoms with van der Waals surface area (Å²) in [5.41, 5.74) is 2.71. The molecule has 2 N–H and O–H groups in total. The maximum atomic E-state index is 12.4. The molecule has 3 rings (SSSR count). The molecule has 22 heavy (non-hydrogen) atoms. The first-order chi connectivity index (χ1) is 10.6. The van der Waals surface area contributed by atoms with Gasteiger partial charge in [-0.2, -0.15) is 0 Å². The van der Waals surface area contributed by atoms with E-state index in [2.05, 4.69) is 15.6 Å². The fourth-order valence-corrected chi connectivity index (χ4v) is 3.12. The SMILES string of the molecule is Cc1nc(-c2cccc(NC(=O)[C@H]3NCCO[C@@H]3C)c2)cs1. The number of nitrogens with zero attached hydrogens (tertiary/aromatic N) is 1. The molecule has 2 heterocycles. The summed E-state index contributed by atoms with van der Waals surface area (Å²) in [4.78, 5) is 16.8. The molecule has 0 aliphatic carbocycles. The molecule has 0 unspecified atom stereocenters. The predicted molar refractivity (Wildman–Crippen MR) is 88.1 cm³/mol. The number of carbonyl (C=O) groups is 1. The standard InChI is InChI=1S/C16H19N3O2S/c1-10-15(17-6-7-21-10)16(20)19-13-5-3-4-12(8-13)14-9-22-11(2)18-14/h3-5,8-10,15,17H,6-7H2,1-2H3,(H,19,20)/t10-,15+/m1/s1. The zero-order chi connectivity index (χ0) is 15.5. The van der Waals surface area contributed by atoms with Crippen molar-refractivity contribution in [3.63, 3.8) is 0 Å². The van der Waals surface area contributed by atoms with Crippen LogP contribution >= 0.6 is 11.3 Å². The summed E-state index contributed by atoms with van der Waals surface area (Å²) in [5, 5.41) is 9.20. The van der Waals surface area contributed by atoms with Gasteiger partial charge in [-0.15, -0.1) is 11.3 Å². The third-order valence-corrected chi connectivity index (χ3v) is 4.42. The van der Waals surface area contributed by atoms with Gasteiger partial charge < -0.3 is 15.4 Å². The molecule has 0 bridgehead atoms. The van der Waals surface area contributed by atoms with E-state index in [1.807, 2.05) is 43.5 Å². The van der Waals surface area contributed by atoms with E-state index in [9.17, 15) is 4.79 Å². The van der Waals surface area contributed by atoms with Crippen molar-refractivity contribution in [2.45, 2.75) is 26.0 Å². The molecule has 116 valence electrons. The van der Waals surface area contributed by atoms with Gasteiger partial charge in [-0.1, -0.05) is 12.1 Å². The lowest BCUT2D eigenvalue weighted by Gasteiger charge is -2.29. The first-order valence-corrected chi connectivity index (χ1v) is 8.20. The summed E-state index contributed by atoms with van der Waals surface area (Å²) in [6.45, 7) is 5.23. The van der Waals surface area contributed by atoms with E-state index >= 15 is 0 Å². The van der Waals surface area contributed by atoms with Crippen molar-refractivity contribution in [1.29, 1.82) is 0 Å². The number of amides is 1. The molecule has 1 aromatic heterocycles. The number of aromatic nitrogens is 1. The van der Waals surface area contributed by atoms with Gasteiger partial charge in [0.1, 0.15) is 6.04 Å². The number of carbonyl (C=O) groups excluding carboxylic acids is 1. The molecule has 2 aromatic rings. The average molecular weight is 317 g/mol. The lowest BCUT2D eigenvalue weighted by molar-refractivity contribution is -0.123. The molecule has 1 aromatic carbocycles. The van der Waals surface area contributed by atoms with Crippen LogP contribution in [0.1, 0.15) is 11.9 Å². The van der Waals surface area contributed by atoms with Gasteiger partial charge in [0.15, 0.2) is 0 Å². The van der Waals surface area contributed by atoms with Gasteiger partial charge in [0.2, 0.25) is 5.91 Å². The van der Waals surface area contributed by atoms with E-state index in [-0.39, 0.29) is 18.1 Å². The van der Waals surface area contributed by atoms with Crippen molar-refractivity contribution in [2.24, 2.45) is 0 Å². The van der Waals surface area contributed by atoms with E-state index in [4.69, 9.17) is 4.74 Å². The van der Waals surface area contributed by atoms with Gasteiger partial charge in [-0.3, -0.25) is 4.79 Å². The van der Waals surface area contributed by atoms with Crippen LogP contribution in [0.5, 0.6) is 0 Å². The van der Waals surface area contributed by atoms with Crippen LogP contribution in [0.2, 0.25) is 0 Å². The Morgan fingerprint density at radius 1 is 1.50 bits per heavy atom. The van der Waals surface area contributed by atoms with Gasteiger partial charge in [-0.05, 0) is 26.0 Å². The number of rotatable bonds is 3. The zero-order valence-electron chi connectivity index (χ0n) is 12.6. The first-order valence-electron chi connectivity index (χ1n) is 7.32. The Kier molecular flexibility index (Phi) is 4.52. The van der Waals surface area contributed by atoms with Gasteiger partial charge in [0.25, 0.3) is 0 Å². The van der Waals surface area contributed by atoms with Gasteiger partial charge in [0, 0.05) is 23.2 Å². The lowest BCUT2D eigenvalue weighted by atomic mass is 10.1. The third kappa shape index (κ3) is 3.35. The summed E-state index contributed by atoms with van der Waals surface area (Å²) in [5.74, 6) is -0.0705. The lowest BCUT2D eigenvalue weighted by Crippen LogP contribution is -2.53. The predicted octanol–water partition coefficient (Wildman–Crippen LogP) is 2.43. The minimum atomic E-state index is -0.320. The minimum Gasteiger partial charge on any atom is -0.375 e. The van der Waals surface area contributed by atoms with Crippen LogP contribution in [0, 0.1) is 6.92 Å². The Labute approximate surface area is 133 Å². The van der Waals surface area contributed by atoms with Crippen molar-refractivity contribution in [3.05, 3.63) is 34.7 Å². The molecule has 0 saturated carbocycles. The first kappa shape index (κ1) is 15.1. The summed E-state index contributed by atoms with van der Waals surface area (Å²) in [6, 6.07) is 7.43. The zero-order valence-corrected chi connectivity index (χ0v) is 13.4. The van der Waals surface area contributed by atoms with Crippen molar-refractivity contribution in [3.8, 4) is 11.3 Å². The van der Waals surface area contributed by atoms with Crippen LogP contribution in [0.15, 0.2) is 29.6 Å². The quantitative estimate of drug-likeness (QED) is 0.913. The fourth-order valence-electron chi connectivity index (χ4n) is 2.50. The molecule has 1 saturated heterocycles. The van der Waals surface area contributed by atoms with Crippen LogP contribution in [0.25, 0.3) is 11.3 Å². The molecular weight excluding hydrogens is 298 g/mol. The second-order valence-electron chi connectivity index (χ2n) is 5.33. The van der Waals surface area contributed by atoms with E-state index < -0.39 is 0 Å². The van der Waals surface area contributed by atoms with Crippen LogP contribution < -0.4 is 10.6 Å². The Morgan fingerprint density at radius 3 is 3.09 bits per heavy atom. The number of morpholine rings is 1. The molecule has 0 radical (unpaired) electrons. The summed E-state index contributed by atoms with van der Waals surface area (Å²) < 4.78 is 5.51. The van der Waals surface area contributed by atoms with Crippen molar-refractivity contribution in [1.82, 2.24) is 10.3 Å². The van der Waals surface area contributed by atoms with Gasteiger partial charge >= 0.3 is 0 Å². The van der Waals surface area contributed by atoms with E-state index in [0.29, 0.717) is 13.2 Å². The molecule has 1 amide bonds. The maximum Gasteiger partial charge on any atom is 0.244 e. The second kappa shape index (κ2) is 6.56. The summed E-state index contributed by atoms with van der Waals surface area (Å²) in [6.07, 6.45) is -0.127. The summed E-state index contributed by atoms with van der Waals surface area (Å²) in [7, 11) is 0. The topological polar surface area (TPSA) is 63.2 Å². The third-order valence-electron chi connectivity index (χ3n) is 3.64. The molecule has 1 aliphatic rings. The Balaban J connectivity index is 1.74. The van der Waals surface area contributed by atoms with Crippen LogP contribution in [0.3, 0.4) is 0 Å². The minimum absolute atomic E-state index is 0.0705. The largest absolute Gasteiger partial charge is 0.375 e. The van der Waals surface area contributed by atoms with Crippen molar-refractivity contribution >= 4 is 22.9 Å². The highest BCUT2D eigenvalue weighted by molar-refractivity contribution is 7.09. The molecule has 0 spiro atoms. The number of thiazole rings is 1. The number of anilines is 1. The Bertz CT molecular complexity index is 671. The van der Waals surface area contributed by atoms with Gasteiger partial charge in [0.05, 0.1) is 23.4 Å². The molecule has 5 nitrogen and oxygen atoms in total. The number of ether oxygens (including phenoxy) is 1. The highest BCUT2D eigenvalue weighted by Gasteiger charge is 2.28. The number of aryl methyl sites for hydroxylation is 1. The van der Waals surface area contributed by atoms with E-state index in [1.54, 1.807) is 11.3 Å². The molecule has 1 aliphatic heterocycles. The normalized spacial score (nSPS) is 21.5. The van der Waals surface area contributed by atoms with Gasteiger partial charge in [-0.25, -0.2) is 4.98 Å². The van der Waals surface area contributed by atoms with Crippen LogP contribution in [-0.2, 0) is 9.53 Å². The molecule has 1 fully saturated rings. The maximum absolute atomic E-state index is 12.4. The number of benzene rings is 1. The monoisotopic (exact) mass is 317 g/mol. The smallest absolute Gasteiger partial charge is 0.244 e. The average Bonchev–Trinajstić information content (AvgIpc) is 2.94. The number of nitrogens with one attached hydrogen (secondary N) is 2. The number of hydrogen-bond acceptors (Lipinski definition) is 5. The van der Waals surface area contributed by atoms with Crippen LogP contribution in [0.4, 0.5) is 5.69 Å². The van der Waals surface area contributed by atoms with Crippen molar-refractivity contribution in [2.75, 3.05) is 18.5 Å². The highest BCUT2D eigenvalue weighted by Crippen LogP contribution is 2.24. The highest BCUT2D eigenvalue weighted by atomic mass is 32.1.